The fourth-order valence-electron chi connectivity index (χ4n) is 4.36. The van der Waals surface area contributed by atoms with Crippen LogP contribution in [0.4, 0.5) is 0 Å². The van der Waals surface area contributed by atoms with E-state index in [1.165, 1.54) is 64.2 Å². The number of aliphatic carboxylic acids is 3. The van der Waals surface area contributed by atoms with Crippen LogP contribution in [0, 0.1) is 0 Å². The van der Waals surface area contributed by atoms with Crippen LogP contribution in [0.5, 0.6) is 0 Å². The molecular weight excluding hydrogens is 518 g/mol. The zero-order valence-electron chi connectivity index (χ0n) is 22.6. The Kier molecular flexibility index (Phi) is 19.5. The molecule has 2 N–H and O–H groups in total. The van der Waals surface area contributed by atoms with Gasteiger partial charge >= 0.3 is 5.97 Å². The highest BCUT2D eigenvalue weighted by Gasteiger charge is 2.34. The summed E-state index contributed by atoms with van der Waals surface area (Å²) < 4.78 is 31.6. The molecule has 0 heterocycles. The Morgan fingerprint density at radius 3 is 1.42 bits per heavy atom. The number of unbranched alkanes of at least 4 members (excludes halogenated alkanes) is 15. The molecule has 0 radical (unpaired) electrons. The standard InChI is InChI=1S/C26H47NO10S/c1-2-3-4-5-6-7-8-9-10-11-12-13-14-15-16-17-18-27(21(25(31)32)19-24(29)30)23(28)20-22(26(33)34)38(35,36)37/h21-22H,2-20H2,1H3,(H,29,30)(H,31,32)(H,33,34)(H,35,36,37)/p-2/t21-,22?/m0/s1. The zero-order valence-corrected chi connectivity index (χ0v) is 23.4. The summed E-state index contributed by atoms with van der Waals surface area (Å²) in [5.41, 5.74) is 0. The Morgan fingerprint density at radius 2 is 1.11 bits per heavy atom. The summed E-state index contributed by atoms with van der Waals surface area (Å²) in [6.07, 6.45) is 15.3. The average molecular weight is 564 g/mol. The largest absolute Gasteiger partial charge is 0.550 e. The lowest BCUT2D eigenvalue weighted by Gasteiger charge is -2.30. The number of rotatable bonds is 25. The second kappa shape index (κ2) is 20.7. The van der Waals surface area contributed by atoms with Crippen molar-refractivity contribution in [1.29, 1.82) is 0 Å². The highest BCUT2D eigenvalue weighted by Crippen LogP contribution is 2.16. The fraction of sp³-hybridized carbons (Fsp3) is 0.846. The molecule has 0 fully saturated rings. The molecule has 38 heavy (non-hydrogen) atoms. The molecule has 0 saturated heterocycles. The van der Waals surface area contributed by atoms with Crippen LogP contribution < -0.4 is 10.2 Å². The van der Waals surface area contributed by atoms with E-state index in [1.807, 2.05) is 0 Å². The van der Waals surface area contributed by atoms with Crippen molar-refractivity contribution in [3.8, 4) is 0 Å². The van der Waals surface area contributed by atoms with Crippen molar-refractivity contribution in [3.05, 3.63) is 0 Å². The number of carbonyl (C=O) groups is 4. The summed E-state index contributed by atoms with van der Waals surface area (Å²) in [4.78, 5) is 46.9. The van der Waals surface area contributed by atoms with Gasteiger partial charge < -0.3 is 29.8 Å². The Balaban J connectivity index is 4.47. The summed E-state index contributed by atoms with van der Waals surface area (Å²) >= 11 is 0. The quantitative estimate of drug-likeness (QED) is 0.123. The molecule has 1 amide bonds. The predicted octanol–water partition coefficient (Wildman–Crippen LogP) is 2.07. The van der Waals surface area contributed by atoms with E-state index >= 15 is 0 Å². The van der Waals surface area contributed by atoms with Crippen molar-refractivity contribution < 1.29 is 47.5 Å². The van der Waals surface area contributed by atoms with E-state index in [0.29, 0.717) is 17.7 Å². The molecule has 0 aromatic heterocycles. The maximum atomic E-state index is 12.6. The topological polar surface area (TPSA) is 192 Å². The molecule has 0 aliphatic heterocycles. The molecule has 0 aromatic rings. The second-order valence-electron chi connectivity index (χ2n) is 9.85. The summed E-state index contributed by atoms with van der Waals surface area (Å²) in [5, 5.41) is 28.9. The Bertz CT molecular complexity index is 815. The maximum absolute atomic E-state index is 12.6. The van der Waals surface area contributed by atoms with Crippen LogP contribution in [-0.2, 0) is 29.3 Å². The van der Waals surface area contributed by atoms with Gasteiger partial charge in [-0.15, -0.1) is 0 Å². The van der Waals surface area contributed by atoms with Gasteiger partial charge in [-0.1, -0.05) is 103 Å². The van der Waals surface area contributed by atoms with E-state index in [4.69, 9.17) is 4.55 Å². The number of hydrogen-bond donors (Lipinski definition) is 2. The normalized spacial score (nSPS) is 13.1. The lowest BCUT2D eigenvalue weighted by Crippen LogP contribution is -2.51. The van der Waals surface area contributed by atoms with Gasteiger partial charge in [0.05, 0.1) is 12.4 Å². The summed E-state index contributed by atoms with van der Waals surface area (Å²) in [7, 11) is -5.20. The van der Waals surface area contributed by atoms with E-state index in [0.717, 1.165) is 25.7 Å². The first-order chi connectivity index (χ1) is 17.9. The van der Waals surface area contributed by atoms with Gasteiger partial charge in [-0.05, 0) is 6.42 Å². The van der Waals surface area contributed by atoms with Crippen molar-refractivity contribution in [2.75, 3.05) is 6.54 Å². The number of hydrogen-bond acceptors (Lipinski definition) is 8. The molecule has 2 atom stereocenters. The van der Waals surface area contributed by atoms with Crippen LogP contribution in [0.15, 0.2) is 0 Å². The van der Waals surface area contributed by atoms with Gasteiger partial charge in [0.2, 0.25) is 5.91 Å². The molecule has 0 aromatic carbocycles. The third kappa shape index (κ3) is 17.3. The SMILES string of the molecule is CCCCCCCCCCCCCCCCCCN(C(=O)CC(C(=O)[O-])S(=O)(=O)O)[C@@H](CC(=O)[O-])C(=O)O. The van der Waals surface area contributed by atoms with E-state index in [9.17, 15) is 42.9 Å². The number of carbonyl (C=O) groups excluding carboxylic acids is 3. The maximum Gasteiger partial charge on any atom is 0.326 e. The van der Waals surface area contributed by atoms with Gasteiger partial charge in [0, 0.05) is 18.9 Å². The van der Waals surface area contributed by atoms with Crippen LogP contribution >= 0.6 is 0 Å². The molecule has 12 heteroatoms. The van der Waals surface area contributed by atoms with E-state index in [1.54, 1.807) is 0 Å². The highest BCUT2D eigenvalue weighted by molar-refractivity contribution is 7.87. The number of nitrogens with zero attached hydrogens (tertiary/aromatic N) is 1. The first kappa shape index (κ1) is 35.8. The first-order valence-corrected chi connectivity index (χ1v) is 15.3. The summed E-state index contributed by atoms with van der Waals surface area (Å²) in [6, 6.07) is -1.87. The van der Waals surface area contributed by atoms with Crippen LogP contribution in [0.2, 0.25) is 0 Å². The third-order valence-electron chi connectivity index (χ3n) is 6.58. The predicted molar refractivity (Wildman–Crippen MR) is 137 cm³/mol. The fourth-order valence-corrected chi connectivity index (χ4v) is 4.96. The van der Waals surface area contributed by atoms with Gasteiger partial charge in [0.25, 0.3) is 10.1 Å². The third-order valence-corrected chi connectivity index (χ3v) is 7.65. The number of carboxylic acids is 3. The van der Waals surface area contributed by atoms with Crippen molar-refractivity contribution in [2.24, 2.45) is 0 Å². The van der Waals surface area contributed by atoms with E-state index in [-0.39, 0.29) is 6.54 Å². The Labute approximate surface area is 226 Å². The molecular formula is C26H45NO10S-2. The van der Waals surface area contributed by atoms with Gasteiger partial charge in [-0.2, -0.15) is 8.42 Å². The van der Waals surface area contributed by atoms with Gasteiger partial charge in [-0.3, -0.25) is 9.35 Å². The zero-order chi connectivity index (χ0) is 29.0. The molecule has 0 rings (SSSR count). The highest BCUT2D eigenvalue weighted by atomic mass is 32.2. The molecule has 0 saturated carbocycles. The second-order valence-corrected chi connectivity index (χ2v) is 11.4. The molecule has 11 nitrogen and oxygen atoms in total. The lowest BCUT2D eigenvalue weighted by atomic mass is 10.0. The van der Waals surface area contributed by atoms with E-state index in [2.05, 4.69) is 6.92 Å². The molecule has 1 unspecified atom stereocenters. The van der Waals surface area contributed by atoms with Gasteiger partial charge in [0.1, 0.15) is 11.3 Å². The molecule has 0 spiro atoms. The van der Waals surface area contributed by atoms with E-state index < -0.39 is 58.1 Å². The van der Waals surface area contributed by atoms with Crippen molar-refractivity contribution in [1.82, 2.24) is 4.90 Å². The first-order valence-electron chi connectivity index (χ1n) is 13.8. The van der Waals surface area contributed by atoms with Gasteiger partial charge in [-0.25, -0.2) is 4.79 Å². The van der Waals surface area contributed by atoms with Crippen molar-refractivity contribution in [2.45, 2.75) is 134 Å². The van der Waals surface area contributed by atoms with Crippen LogP contribution in [0.3, 0.4) is 0 Å². The lowest BCUT2D eigenvalue weighted by molar-refractivity contribution is -0.307. The summed E-state index contributed by atoms with van der Waals surface area (Å²) in [6.45, 7) is 2.00. The van der Waals surface area contributed by atoms with Crippen molar-refractivity contribution in [3.63, 3.8) is 0 Å². The molecule has 0 aliphatic rings. The smallest absolute Gasteiger partial charge is 0.326 e. The van der Waals surface area contributed by atoms with Crippen LogP contribution in [0.25, 0.3) is 0 Å². The monoisotopic (exact) mass is 563 g/mol. The van der Waals surface area contributed by atoms with Gasteiger partial charge in [0.15, 0.2) is 0 Å². The number of amides is 1. The number of carboxylic acid groups (broad SMARTS) is 3. The minimum atomic E-state index is -5.20. The minimum Gasteiger partial charge on any atom is -0.550 e. The van der Waals surface area contributed by atoms with Crippen LogP contribution in [0.1, 0.15) is 122 Å². The average Bonchev–Trinajstić information content (AvgIpc) is 2.82. The molecule has 222 valence electrons. The van der Waals surface area contributed by atoms with Crippen molar-refractivity contribution >= 4 is 33.9 Å². The summed E-state index contributed by atoms with van der Waals surface area (Å²) in [5.74, 6) is -6.86. The Morgan fingerprint density at radius 1 is 0.711 bits per heavy atom. The Hall–Kier alpha value is -2.21. The molecule has 0 aliphatic carbocycles. The molecule has 0 bridgehead atoms. The minimum absolute atomic E-state index is 0.216. The van der Waals surface area contributed by atoms with Crippen LogP contribution in [-0.4, -0.2) is 64.6 Å².